The van der Waals surface area contributed by atoms with Crippen LogP contribution < -0.4 is 4.90 Å². The maximum Gasteiger partial charge on any atom is 0.297 e. The zero-order chi connectivity index (χ0) is 20.5. The third kappa shape index (κ3) is 3.45. The average Bonchev–Trinajstić information content (AvgIpc) is 3.00. The molecule has 1 aliphatic rings. The minimum atomic E-state index is -1.16. The van der Waals surface area contributed by atoms with E-state index in [1.54, 1.807) is 60.8 Å². The van der Waals surface area contributed by atoms with Crippen molar-refractivity contribution in [2.45, 2.75) is 13.0 Å². The first kappa shape index (κ1) is 19.0. The number of carbonyl (C=O) groups excluding carboxylic acids is 3. The molecule has 6 heteroatoms. The predicted molar refractivity (Wildman–Crippen MR) is 110 cm³/mol. The van der Waals surface area contributed by atoms with Crippen LogP contribution in [-0.2, 0) is 9.59 Å². The molecule has 29 heavy (non-hydrogen) atoms. The fourth-order valence-corrected chi connectivity index (χ4v) is 3.70. The van der Waals surface area contributed by atoms with E-state index in [1.807, 2.05) is 19.1 Å². The van der Waals surface area contributed by atoms with Gasteiger partial charge in [-0.1, -0.05) is 59.6 Å². The first-order valence-corrected chi connectivity index (χ1v) is 9.50. The summed E-state index contributed by atoms with van der Waals surface area (Å²) in [6.45, 7) is 1.91. The van der Waals surface area contributed by atoms with Crippen molar-refractivity contribution < 1.29 is 14.4 Å². The lowest BCUT2D eigenvalue weighted by Crippen LogP contribution is -2.31. The van der Waals surface area contributed by atoms with Crippen LogP contribution in [0.3, 0.4) is 0 Å². The van der Waals surface area contributed by atoms with E-state index < -0.39 is 23.7 Å². The molecular weight excluding hydrogens is 388 g/mol. The van der Waals surface area contributed by atoms with Crippen LogP contribution in [0.1, 0.15) is 27.5 Å². The number of ketones is 2. The quantitative estimate of drug-likeness (QED) is 0.371. The lowest BCUT2D eigenvalue weighted by atomic mass is 9.86. The van der Waals surface area contributed by atoms with Crippen LogP contribution in [0.15, 0.2) is 72.9 Å². The average molecular weight is 405 g/mol. The van der Waals surface area contributed by atoms with Gasteiger partial charge in [0.15, 0.2) is 5.78 Å². The van der Waals surface area contributed by atoms with Gasteiger partial charge in [-0.05, 0) is 36.8 Å². The van der Waals surface area contributed by atoms with Gasteiger partial charge in [0.25, 0.3) is 5.91 Å². The van der Waals surface area contributed by atoms with Crippen LogP contribution in [0, 0.1) is 12.8 Å². The van der Waals surface area contributed by atoms with Gasteiger partial charge in [0.05, 0.1) is 6.04 Å². The molecule has 0 aliphatic carbocycles. The molecule has 4 rings (SSSR count). The number of amides is 1. The Kier molecular flexibility index (Phi) is 4.99. The minimum Gasteiger partial charge on any atom is -0.293 e. The van der Waals surface area contributed by atoms with Gasteiger partial charge in [-0.25, -0.2) is 4.98 Å². The van der Waals surface area contributed by atoms with Crippen molar-refractivity contribution >= 4 is 34.9 Å². The highest BCUT2D eigenvalue weighted by Crippen LogP contribution is 2.40. The van der Waals surface area contributed by atoms with Crippen LogP contribution in [0.25, 0.3) is 0 Å². The Labute approximate surface area is 172 Å². The highest BCUT2D eigenvalue weighted by molar-refractivity contribution is 6.48. The van der Waals surface area contributed by atoms with Crippen molar-refractivity contribution in [2.24, 2.45) is 5.92 Å². The first-order valence-electron chi connectivity index (χ1n) is 9.12. The van der Waals surface area contributed by atoms with E-state index in [4.69, 9.17) is 11.6 Å². The summed E-state index contributed by atoms with van der Waals surface area (Å²) in [6, 6.07) is 18.1. The van der Waals surface area contributed by atoms with Crippen molar-refractivity contribution in [1.82, 2.24) is 4.98 Å². The molecule has 0 N–H and O–H groups in total. The Morgan fingerprint density at radius 2 is 1.66 bits per heavy atom. The monoisotopic (exact) mass is 404 g/mol. The van der Waals surface area contributed by atoms with E-state index in [2.05, 4.69) is 4.98 Å². The Morgan fingerprint density at radius 1 is 0.966 bits per heavy atom. The molecule has 2 heterocycles. The number of benzene rings is 2. The fourth-order valence-electron chi connectivity index (χ4n) is 3.57. The highest BCUT2D eigenvalue weighted by atomic mass is 35.5. The molecule has 0 spiro atoms. The zero-order valence-electron chi connectivity index (χ0n) is 15.6. The molecule has 5 nitrogen and oxygen atoms in total. The predicted octanol–water partition coefficient (Wildman–Crippen LogP) is 4.20. The fraction of sp³-hybridized carbons (Fsp3) is 0.130. The number of hydrogen-bond acceptors (Lipinski definition) is 4. The molecule has 2 unspecified atom stereocenters. The van der Waals surface area contributed by atoms with Crippen LogP contribution in [0.2, 0.25) is 5.02 Å². The van der Waals surface area contributed by atoms with Crippen LogP contribution >= 0.6 is 11.6 Å². The third-order valence-corrected chi connectivity index (χ3v) is 5.28. The first-order chi connectivity index (χ1) is 14.0. The number of aryl methyl sites for hydroxylation is 1. The number of carbonyl (C=O) groups is 3. The zero-order valence-corrected chi connectivity index (χ0v) is 16.3. The summed E-state index contributed by atoms with van der Waals surface area (Å²) in [4.78, 5) is 44.7. The van der Waals surface area contributed by atoms with E-state index in [0.29, 0.717) is 22.0 Å². The smallest absolute Gasteiger partial charge is 0.293 e. The molecule has 1 saturated heterocycles. The molecule has 0 bridgehead atoms. The number of rotatable bonds is 4. The summed E-state index contributed by atoms with van der Waals surface area (Å²) in [6.07, 6.45) is 1.54. The molecule has 2 atom stereocenters. The number of Topliss-reactive ketones (excluding diaryl/α,β-unsaturated/α-hetero) is 2. The van der Waals surface area contributed by atoms with Gasteiger partial charge in [-0.2, -0.15) is 0 Å². The Bertz CT molecular complexity index is 1080. The van der Waals surface area contributed by atoms with Crippen molar-refractivity contribution in [1.29, 1.82) is 0 Å². The molecule has 1 aromatic heterocycles. The molecule has 144 valence electrons. The summed E-state index contributed by atoms with van der Waals surface area (Å²) in [7, 11) is 0. The third-order valence-electron chi connectivity index (χ3n) is 5.03. The summed E-state index contributed by atoms with van der Waals surface area (Å²) in [5.74, 6) is -2.70. The van der Waals surface area contributed by atoms with E-state index in [1.165, 1.54) is 4.90 Å². The topological polar surface area (TPSA) is 67.3 Å². The number of pyridine rings is 1. The van der Waals surface area contributed by atoms with Gasteiger partial charge in [0, 0.05) is 16.8 Å². The number of nitrogens with zero attached hydrogens (tertiary/aromatic N) is 2. The summed E-state index contributed by atoms with van der Waals surface area (Å²) in [5, 5.41) is 0.523. The number of halogens is 1. The maximum absolute atomic E-state index is 13.3. The molecule has 3 aromatic rings. The van der Waals surface area contributed by atoms with Gasteiger partial charge in [-0.15, -0.1) is 0 Å². The lowest BCUT2D eigenvalue weighted by Gasteiger charge is -2.26. The van der Waals surface area contributed by atoms with E-state index >= 15 is 0 Å². The molecule has 1 aliphatic heterocycles. The van der Waals surface area contributed by atoms with Crippen LogP contribution in [0.4, 0.5) is 5.82 Å². The van der Waals surface area contributed by atoms with Crippen LogP contribution in [0.5, 0.6) is 0 Å². The summed E-state index contributed by atoms with van der Waals surface area (Å²) >= 11 is 6.01. The van der Waals surface area contributed by atoms with Gasteiger partial charge < -0.3 is 0 Å². The van der Waals surface area contributed by atoms with Gasteiger partial charge in [0.1, 0.15) is 11.7 Å². The van der Waals surface area contributed by atoms with E-state index in [0.717, 1.165) is 5.56 Å². The largest absolute Gasteiger partial charge is 0.297 e. The summed E-state index contributed by atoms with van der Waals surface area (Å²) in [5.41, 5.74) is 2.04. The van der Waals surface area contributed by atoms with Crippen molar-refractivity contribution in [3.8, 4) is 0 Å². The number of hydrogen-bond donors (Lipinski definition) is 0. The van der Waals surface area contributed by atoms with Crippen LogP contribution in [-0.4, -0.2) is 22.5 Å². The lowest BCUT2D eigenvalue weighted by molar-refractivity contribution is -0.135. The number of anilines is 1. The molecule has 0 radical (unpaired) electrons. The van der Waals surface area contributed by atoms with E-state index in [-0.39, 0.29) is 5.78 Å². The normalized spacial score (nSPS) is 18.9. The standard InChI is InChI=1S/C23H17ClN2O3/c1-14-5-7-16(8-6-14)21(27)19-20(15-9-11-17(24)12-10-15)26(23(29)22(19)28)18-4-2-3-13-25-18/h2-13,19-20H,1H3. The second kappa shape index (κ2) is 7.60. The SMILES string of the molecule is Cc1ccc(C(=O)C2C(=O)C(=O)N(c3ccccn3)C2c2ccc(Cl)cc2)cc1. The van der Waals surface area contributed by atoms with Crippen molar-refractivity contribution in [3.05, 3.63) is 94.6 Å². The van der Waals surface area contributed by atoms with Gasteiger partial charge in [-0.3, -0.25) is 19.3 Å². The Morgan fingerprint density at radius 3 is 2.28 bits per heavy atom. The number of aromatic nitrogens is 1. The Hall–Kier alpha value is -3.31. The molecule has 2 aromatic carbocycles. The molecule has 1 amide bonds. The summed E-state index contributed by atoms with van der Waals surface area (Å²) < 4.78 is 0. The maximum atomic E-state index is 13.3. The van der Waals surface area contributed by atoms with Gasteiger partial charge >= 0.3 is 0 Å². The second-order valence-electron chi connectivity index (χ2n) is 6.93. The minimum absolute atomic E-state index is 0.324. The highest BCUT2D eigenvalue weighted by Gasteiger charge is 2.52. The van der Waals surface area contributed by atoms with Gasteiger partial charge in [0.2, 0.25) is 5.78 Å². The second-order valence-corrected chi connectivity index (χ2v) is 7.37. The molecule has 0 saturated carbocycles. The van der Waals surface area contributed by atoms with Crippen molar-refractivity contribution in [3.63, 3.8) is 0 Å². The molecule has 1 fully saturated rings. The van der Waals surface area contributed by atoms with E-state index in [9.17, 15) is 14.4 Å². The van der Waals surface area contributed by atoms with Crippen molar-refractivity contribution in [2.75, 3.05) is 4.90 Å². The Balaban J connectivity index is 1.84. The molecular formula is C23H17ClN2O3.